The second-order valence-corrected chi connectivity index (χ2v) is 7.09. The number of amidine groups is 1. The summed E-state index contributed by atoms with van der Waals surface area (Å²) in [6.45, 7) is 0.179. The van der Waals surface area contributed by atoms with Gasteiger partial charge >= 0.3 is 12.4 Å². The summed E-state index contributed by atoms with van der Waals surface area (Å²) in [4.78, 5) is 16.5. The Morgan fingerprint density at radius 2 is 1.88 bits per heavy atom. The molecule has 1 aromatic rings. The van der Waals surface area contributed by atoms with E-state index in [0.29, 0.717) is 27.1 Å². The monoisotopic (exact) mass is 402 g/mol. The van der Waals surface area contributed by atoms with Gasteiger partial charge in [0.25, 0.3) is 0 Å². The van der Waals surface area contributed by atoms with Crippen LogP contribution in [0, 0.1) is 6.92 Å². The predicted octanol–water partition coefficient (Wildman–Crippen LogP) is 4.77. The first-order valence-corrected chi connectivity index (χ1v) is 8.80. The summed E-state index contributed by atoms with van der Waals surface area (Å²) in [5, 5.41) is -0.113. The molecule has 0 bridgehead atoms. The Kier molecular flexibility index (Phi) is 5.97. The van der Waals surface area contributed by atoms with Crippen molar-refractivity contribution in [2.75, 3.05) is 18.1 Å². The van der Waals surface area contributed by atoms with E-state index >= 15 is 0 Å². The summed E-state index contributed by atoms with van der Waals surface area (Å²) in [5.74, 6) is -1.95. The lowest BCUT2D eigenvalue weighted by Crippen LogP contribution is -2.38. The first kappa shape index (κ1) is 20.0. The van der Waals surface area contributed by atoms with Gasteiger partial charge in [-0.25, -0.2) is 4.99 Å². The van der Waals surface area contributed by atoms with Crippen molar-refractivity contribution in [2.45, 2.75) is 24.2 Å². The number of alkyl halides is 6. The molecule has 138 valence electrons. The highest BCUT2D eigenvalue weighted by Gasteiger charge is 2.38. The van der Waals surface area contributed by atoms with Crippen molar-refractivity contribution in [1.29, 1.82) is 0 Å². The van der Waals surface area contributed by atoms with Crippen LogP contribution in [-0.2, 0) is 4.79 Å². The molecular weight excluding hydrogens is 390 g/mol. The number of hydrogen-bond donors (Lipinski definition) is 0. The maximum atomic E-state index is 12.6. The lowest BCUT2D eigenvalue weighted by Gasteiger charge is -2.18. The zero-order valence-electron chi connectivity index (χ0n) is 12.7. The van der Waals surface area contributed by atoms with E-state index in [9.17, 15) is 31.1 Å². The highest BCUT2D eigenvalue weighted by atomic mass is 32.2. The quantitative estimate of drug-likeness (QED) is 0.537. The van der Waals surface area contributed by atoms with E-state index in [2.05, 4.69) is 4.99 Å². The molecule has 0 aliphatic carbocycles. The second-order valence-electron chi connectivity index (χ2n) is 5.13. The second kappa shape index (κ2) is 7.48. The fraction of sp³-hybridized carbons (Fsp3) is 0.429. The van der Waals surface area contributed by atoms with Gasteiger partial charge in [0.2, 0.25) is 5.91 Å². The molecule has 1 amide bonds. The summed E-state index contributed by atoms with van der Waals surface area (Å²) in [6.07, 6.45) is -8.90. The normalized spacial score (nSPS) is 17.6. The maximum absolute atomic E-state index is 12.6. The minimum absolute atomic E-state index is 0.113. The fourth-order valence-electron chi connectivity index (χ4n) is 1.90. The van der Waals surface area contributed by atoms with Crippen molar-refractivity contribution in [3.63, 3.8) is 0 Å². The SMILES string of the molecule is Cc1ccc(N=C2SCC(=O)N2CC(F)(F)F)cc1SCC(F)(F)F. The molecule has 0 aromatic heterocycles. The molecule has 0 N–H and O–H groups in total. The molecule has 3 nitrogen and oxygen atoms in total. The summed E-state index contributed by atoms with van der Waals surface area (Å²) in [5.41, 5.74) is 0.792. The highest BCUT2D eigenvalue weighted by molar-refractivity contribution is 8.15. The van der Waals surface area contributed by atoms with E-state index in [1.807, 2.05) is 0 Å². The molecule has 1 heterocycles. The molecule has 0 saturated carbocycles. The smallest absolute Gasteiger partial charge is 0.281 e. The third-order valence-corrected chi connectivity index (χ3v) is 5.17. The van der Waals surface area contributed by atoms with Gasteiger partial charge in [0.05, 0.1) is 17.2 Å². The largest absolute Gasteiger partial charge is 0.406 e. The third kappa shape index (κ3) is 6.14. The van der Waals surface area contributed by atoms with E-state index in [0.717, 1.165) is 11.8 Å². The molecule has 0 radical (unpaired) electrons. The third-order valence-electron chi connectivity index (χ3n) is 2.98. The molecule has 1 aliphatic heterocycles. The molecule has 1 aromatic carbocycles. The van der Waals surface area contributed by atoms with Gasteiger partial charge in [0.15, 0.2) is 5.17 Å². The van der Waals surface area contributed by atoms with Gasteiger partial charge in [-0.15, -0.1) is 11.8 Å². The van der Waals surface area contributed by atoms with Gasteiger partial charge < -0.3 is 0 Å². The Morgan fingerprint density at radius 1 is 1.20 bits per heavy atom. The number of aryl methyl sites for hydroxylation is 1. The lowest BCUT2D eigenvalue weighted by atomic mass is 10.2. The Hall–Kier alpha value is -1.36. The van der Waals surface area contributed by atoms with Gasteiger partial charge in [0, 0.05) is 4.90 Å². The molecular formula is C14H12F6N2OS2. The highest BCUT2D eigenvalue weighted by Crippen LogP contribution is 2.33. The number of halogens is 6. The first-order valence-electron chi connectivity index (χ1n) is 6.83. The maximum Gasteiger partial charge on any atom is 0.406 e. The molecule has 0 atom stereocenters. The zero-order valence-corrected chi connectivity index (χ0v) is 14.4. The number of nitrogens with zero attached hydrogens (tertiary/aromatic N) is 2. The Morgan fingerprint density at radius 3 is 2.48 bits per heavy atom. The minimum Gasteiger partial charge on any atom is -0.281 e. The molecule has 1 fully saturated rings. The van der Waals surface area contributed by atoms with Crippen molar-refractivity contribution in [2.24, 2.45) is 4.99 Å². The number of rotatable bonds is 4. The van der Waals surface area contributed by atoms with E-state index < -0.39 is 30.6 Å². The van der Waals surface area contributed by atoms with Crippen LogP contribution < -0.4 is 0 Å². The summed E-state index contributed by atoms with van der Waals surface area (Å²) in [7, 11) is 0. The van der Waals surface area contributed by atoms with Crippen LogP contribution in [0.3, 0.4) is 0 Å². The fourth-order valence-corrected chi connectivity index (χ4v) is 3.62. The standard InChI is InChI=1S/C14H12F6N2OS2/c1-8-2-3-9(4-10(8)25-7-14(18,19)20)21-12-22(6-13(15,16)17)11(23)5-24-12/h2-4H,5-7H2,1H3. The molecule has 25 heavy (non-hydrogen) atoms. The first-order chi connectivity index (χ1) is 11.4. The van der Waals surface area contributed by atoms with Gasteiger partial charge in [-0.05, 0) is 24.6 Å². The predicted molar refractivity (Wildman–Crippen MR) is 85.3 cm³/mol. The lowest BCUT2D eigenvalue weighted by molar-refractivity contribution is -0.150. The van der Waals surface area contributed by atoms with Crippen LogP contribution in [0.25, 0.3) is 0 Å². The van der Waals surface area contributed by atoms with Gasteiger partial charge in [-0.3, -0.25) is 9.69 Å². The summed E-state index contributed by atoms with van der Waals surface area (Å²) >= 11 is 1.44. The van der Waals surface area contributed by atoms with E-state index in [4.69, 9.17) is 0 Å². The van der Waals surface area contributed by atoms with Crippen LogP contribution in [0.2, 0.25) is 0 Å². The van der Waals surface area contributed by atoms with Crippen molar-refractivity contribution in [1.82, 2.24) is 4.90 Å². The number of aliphatic imine (C=N–C) groups is 1. The van der Waals surface area contributed by atoms with Crippen molar-refractivity contribution in [3.8, 4) is 0 Å². The Balaban J connectivity index is 2.23. The van der Waals surface area contributed by atoms with Crippen LogP contribution >= 0.6 is 23.5 Å². The van der Waals surface area contributed by atoms with E-state index in [1.165, 1.54) is 18.2 Å². The number of thioether (sulfide) groups is 2. The van der Waals surface area contributed by atoms with Gasteiger partial charge in [-0.1, -0.05) is 17.8 Å². The van der Waals surface area contributed by atoms with Crippen LogP contribution in [-0.4, -0.2) is 46.4 Å². The van der Waals surface area contributed by atoms with Crippen molar-refractivity contribution < 1.29 is 31.1 Å². The van der Waals surface area contributed by atoms with Gasteiger partial charge in [0.1, 0.15) is 6.54 Å². The Labute approximate surface area is 147 Å². The van der Waals surface area contributed by atoms with Crippen LogP contribution in [0.1, 0.15) is 5.56 Å². The molecule has 11 heteroatoms. The topological polar surface area (TPSA) is 32.7 Å². The zero-order chi connectivity index (χ0) is 18.8. The van der Waals surface area contributed by atoms with Crippen LogP contribution in [0.5, 0.6) is 0 Å². The number of amides is 1. The molecule has 0 unspecified atom stereocenters. The van der Waals surface area contributed by atoms with E-state index in [1.54, 1.807) is 6.92 Å². The minimum atomic E-state index is -4.57. The molecule has 2 rings (SSSR count). The van der Waals surface area contributed by atoms with E-state index in [-0.39, 0.29) is 16.6 Å². The van der Waals surface area contributed by atoms with Crippen molar-refractivity contribution >= 4 is 40.3 Å². The average molecular weight is 402 g/mol. The van der Waals surface area contributed by atoms with Crippen molar-refractivity contribution in [3.05, 3.63) is 23.8 Å². The molecule has 1 aliphatic rings. The summed E-state index contributed by atoms with van der Waals surface area (Å²) < 4.78 is 74.7. The molecule has 0 spiro atoms. The number of hydrogen-bond acceptors (Lipinski definition) is 4. The number of carbonyl (C=O) groups is 1. The Bertz CT molecular complexity index is 687. The van der Waals surface area contributed by atoms with Gasteiger partial charge in [-0.2, -0.15) is 26.3 Å². The van der Waals surface area contributed by atoms with Crippen LogP contribution in [0.15, 0.2) is 28.1 Å². The number of benzene rings is 1. The summed E-state index contributed by atoms with van der Waals surface area (Å²) in [6, 6.07) is 4.39. The van der Waals surface area contributed by atoms with Crippen LogP contribution in [0.4, 0.5) is 32.0 Å². The molecule has 1 saturated heterocycles. The number of carbonyl (C=O) groups excluding carboxylic acids is 1. The average Bonchev–Trinajstić information content (AvgIpc) is 2.78.